The van der Waals surface area contributed by atoms with Gasteiger partial charge in [-0.1, -0.05) is 17.9 Å². The molecule has 14 heavy (non-hydrogen) atoms. The van der Waals surface area contributed by atoms with Gasteiger partial charge in [0.25, 0.3) is 5.91 Å². The van der Waals surface area contributed by atoms with Gasteiger partial charge >= 0.3 is 0 Å². The first kappa shape index (κ1) is 10.3. The van der Waals surface area contributed by atoms with Crippen LogP contribution in [-0.2, 0) is 0 Å². The fraction of sp³-hybridized carbons (Fsp3) is 0.182. The molecule has 3 heteroatoms. The van der Waals surface area contributed by atoms with E-state index in [4.69, 9.17) is 5.73 Å². The van der Waals surface area contributed by atoms with Crippen molar-refractivity contribution in [3.8, 4) is 11.8 Å². The third kappa shape index (κ3) is 2.61. The molecule has 0 atom stereocenters. The van der Waals surface area contributed by atoms with E-state index in [1.807, 2.05) is 6.07 Å². The Morgan fingerprint density at radius 2 is 2.36 bits per heavy atom. The molecule has 1 aromatic carbocycles. The van der Waals surface area contributed by atoms with E-state index in [0.29, 0.717) is 12.1 Å². The predicted molar refractivity (Wildman–Crippen MR) is 55.8 cm³/mol. The first-order valence-electron chi connectivity index (χ1n) is 4.29. The Kier molecular flexibility index (Phi) is 3.71. The lowest BCUT2D eigenvalue weighted by Crippen LogP contribution is -2.17. The van der Waals surface area contributed by atoms with Crippen molar-refractivity contribution >= 4 is 5.91 Å². The minimum Gasteiger partial charge on any atom is -0.355 e. The average Bonchev–Trinajstić information content (AvgIpc) is 2.25. The van der Waals surface area contributed by atoms with Gasteiger partial charge in [0.05, 0.1) is 6.54 Å². The fourth-order valence-electron chi connectivity index (χ4n) is 1.04. The first-order valence-corrected chi connectivity index (χ1v) is 4.29. The standard InChI is InChI=1S/C11H12N2O/c1-13-11(14)10-6-2-4-9(8-10)5-3-7-12/h2,4,6,8H,7,12H2,1H3,(H,13,14). The topological polar surface area (TPSA) is 55.1 Å². The lowest BCUT2D eigenvalue weighted by Gasteiger charge is -1.99. The molecule has 0 aromatic heterocycles. The Hall–Kier alpha value is -1.79. The van der Waals surface area contributed by atoms with Crippen molar-refractivity contribution in [1.29, 1.82) is 0 Å². The van der Waals surface area contributed by atoms with Crippen LogP contribution >= 0.6 is 0 Å². The summed E-state index contributed by atoms with van der Waals surface area (Å²) in [6.45, 7) is 0.324. The summed E-state index contributed by atoms with van der Waals surface area (Å²) in [5.74, 6) is 5.49. The molecule has 0 heterocycles. The largest absolute Gasteiger partial charge is 0.355 e. The average molecular weight is 188 g/mol. The molecular formula is C11H12N2O. The zero-order valence-corrected chi connectivity index (χ0v) is 8.00. The Morgan fingerprint density at radius 3 is 3.00 bits per heavy atom. The zero-order valence-electron chi connectivity index (χ0n) is 8.00. The number of hydrogen-bond acceptors (Lipinski definition) is 2. The Morgan fingerprint density at radius 1 is 1.57 bits per heavy atom. The Balaban J connectivity index is 2.95. The SMILES string of the molecule is CNC(=O)c1cccc(C#CCN)c1. The molecule has 72 valence electrons. The molecule has 0 bridgehead atoms. The molecule has 0 aliphatic carbocycles. The summed E-state index contributed by atoms with van der Waals surface area (Å²) in [6, 6.07) is 7.12. The van der Waals surface area contributed by atoms with E-state index in [-0.39, 0.29) is 5.91 Å². The second-order valence-electron chi connectivity index (χ2n) is 2.67. The van der Waals surface area contributed by atoms with Gasteiger partial charge in [0.1, 0.15) is 0 Å². The molecule has 0 spiro atoms. The van der Waals surface area contributed by atoms with E-state index in [0.717, 1.165) is 5.56 Å². The van der Waals surface area contributed by atoms with Crippen LogP contribution in [0.5, 0.6) is 0 Å². The molecule has 3 nitrogen and oxygen atoms in total. The monoisotopic (exact) mass is 188 g/mol. The molecule has 0 saturated carbocycles. The second kappa shape index (κ2) is 5.05. The smallest absolute Gasteiger partial charge is 0.251 e. The summed E-state index contributed by atoms with van der Waals surface area (Å²) in [5.41, 5.74) is 6.66. The van der Waals surface area contributed by atoms with Crippen molar-refractivity contribution in [3.63, 3.8) is 0 Å². The lowest BCUT2D eigenvalue weighted by molar-refractivity contribution is 0.0963. The molecule has 1 amide bonds. The highest BCUT2D eigenvalue weighted by molar-refractivity contribution is 5.94. The highest BCUT2D eigenvalue weighted by Crippen LogP contribution is 2.03. The number of hydrogen-bond donors (Lipinski definition) is 2. The molecule has 1 rings (SSSR count). The van der Waals surface area contributed by atoms with Gasteiger partial charge in [-0.2, -0.15) is 0 Å². The van der Waals surface area contributed by atoms with Crippen LogP contribution in [-0.4, -0.2) is 19.5 Å². The number of nitrogens with two attached hydrogens (primary N) is 1. The van der Waals surface area contributed by atoms with Crippen molar-refractivity contribution in [2.24, 2.45) is 5.73 Å². The quantitative estimate of drug-likeness (QED) is 0.625. The highest BCUT2D eigenvalue weighted by Gasteiger charge is 2.01. The predicted octanol–water partition coefficient (Wildman–Crippen LogP) is 0.356. The van der Waals surface area contributed by atoms with E-state index >= 15 is 0 Å². The van der Waals surface area contributed by atoms with E-state index in [9.17, 15) is 4.79 Å². The van der Waals surface area contributed by atoms with Gasteiger partial charge in [-0.15, -0.1) is 0 Å². The number of rotatable bonds is 1. The van der Waals surface area contributed by atoms with Crippen molar-refractivity contribution in [2.75, 3.05) is 13.6 Å². The number of amides is 1. The van der Waals surface area contributed by atoms with Gasteiger partial charge in [-0.05, 0) is 18.2 Å². The van der Waals surface area contributed by atoms with E-state index in [1.54, 1.807) is 25.2 Å². The van der Waals surface area contributed by atoms with Gasteiger partial charge in [-0.25, -0.2) is 0 Å². The van der Waals surface area contributed by atoms with E-state index in [1.165, 1.54) is 0 Å². The normalized spacial score (nSPS) is 8.71. The maximum absolute atomic E-state index is 11.3. The fourth-order valence-corrected chi connectivity index (χ4v) is 1.04. The lowest BCUT2D eigenvalue weighted by atomic mass is 10.1. The summed E-state index contributed by atoms with van der Waals surface area (Å²) in [4.78, 5) is 11.3. The van der Waals surface area contributed by atoms with Crippen molar-refractivity contribution < 1.29 is 4.79 Å². The zero-order chi connectivity index (χ0) is 10.4. The summed E-state index contributed by atoms with van der Waals surface area (Å²) in [7, 11) is 1.60. The maximum atomic E-state index is 11.3. The molecular weight excluding hydrogens is 176 g/mol. The van der Waals surface area contributed by atoms with Crippen molar-refractivity contribution in [3.05, 3.63) is 35.4 Å². The summed E-state index contributed by atoms with van der Waals surface area (Å²) < 4.78 is 0. The molecule has 0 aliphatic rings. The van der Waals surface area contributed by atoms with Gasteiger partial charge in [0.15, 0.2) is 0 Å². The number of carbonyl (C=O) groups excluding carboxylic acids is 1. The summed E-state index contributed by atoms with van der Waals surface area (Å²) >= 11 is 0. The third-order valence-electron chi connectivity index (χ3n) is 1.69. The Labute approximate surface area is 83.3 Å². The molecule has 0 unspecified atom stereocenters. The van der Waals surface area contributed by atoms with E-state index in [2.05, 4.69) is 17.2 Å². The second-order valence-corrected chi connectivity index (χ2v) is 2.67. The van der Waals surface area contributed by atoms with Gasteiger partial charge in [0, 0.05) is 18.2 Å². The molecule has 0 fully saturated rings. The first-order chi connectivity index (χ1) is 6.77. The highest BCUT2D eigenvalue weighted by atomic mass is 16.1. The number of carbonyl (C=O) groups is 1. The van der Waals surface area contributed by atoms with Crippen LogP contribution in [0, 0.1) is 11.8 Å². The van der Waals surface area contributed by atoms with Crippen LogP contribution in [0.2, 0.25) is 0 Å². The van der Waals surface area contributed by atoms with Crippen LogP contribution in [0.1, 0.15) is 15.9 Å². The minimum atomic E-state index is -0.110. The number of nitrogens with one attached hydrogen (secondary N) is 1. The van der Waals surface area contributed by atoms with Crippen LogP contribution in [0.3, 0.4) is 0 Å². The summed E-state index contributed by atoms with van der Waals surface area (Å²) in [6.07, 6.45) is 0. The van der Waals surface area contributed by atoms with Crippen LogP contribution in [0.4, 0.5) is 0 Å². The van der Waals surface area contributed by atoms with Gasteiger partial charge in [-0.3, -0.25) is 4.79 Å². The molecule has 0 aliphatic heterocycles. The van der Waals surface area contributed by atoms with Gasteiger partial charge in [0.2, 0.25) is 0 Å². The molecule has 0 saturated heterocycles. The molecule has 1 aromatic rings. The van der Waals surface area contributed by atoms with Crippen LogP contribution in [0.25, 0.3) is 0 Å². The van der Waals surface area contributed by atoms with E-state index < -0.39 is 0 Å². The van der Waals surface area contributed by atoms with Crippen molar-refractivity contribution in [2.45, 2.75) is 0 Å². The summed E-state index contributed by atoms with van der Waals surface area (Å²) in [5, 5.41) is 2.55. The van der Waals surface area contributed by atoms with Crippen LogP contribution < -0.4 is 11.1 Å². The minimum absolute atomic E-state index is 0.110. The number of benzene rings is 1. The van der Waals surface area contributed by atoms with Crippen LogP contribution in [0.15, 0.2) is 24.3 Å². The Bertz CT molecular complexity index is 388. The third-order valence-corrected chi connectivity index (χ3v) is 1.69. The maximum Gasteiger partial charge on any atom is 0.251 e. The molecule has 0 radical (unpaired) electrons. The van der Waals surface area contributed by atoms with Crippen molar-refractivity contribution in [1.82, 2.24) is 5.32 Å². The molecule has 3 N–H and O–H groups in total. The van der Waals surface area contributed by atoms with Gasteiger partial charge < -0.3 is 11.1 Å².